The summed E-state index contributed by atoms with van der Waals surface area (Å²) in [5.41, 5.74) is 2.12. The number of aromatic carboxylic acids is 1. The van der Waals surface area contributed by atoms with Crippen LogP contribution < -0.4 is 9.47 Å². The molecule has 2 aliphatic heterocycles. The van der Waals surface area contributed by atoms with Gasteiger partial charge in [0.1, 0.15) is 34.4 Å². The molecule has 0 bridgehead atoms. The fraction of sp³-hybridized carbons (Fsp3) is 0.333. The summed E-state index contributed by atoms with van der Waals surface area (Å²) in [5.74, 6) is -0.944. The molecule has 13 heteroatoms. The first-order valence-corrected chi connectivity index (χ1v) is 15.8. The lowest BCUT2D eigenvalue weighted by molar-refractivity contribution is -0.0527. The van der Waals surface area contributed by atoms with Crippen molar-refractivity contribution < 1.29 is 48.0 Å². The average Bonchev–Trinajstić information content (AvgIpc) is 3.10. The second-order valence-electron chi connectivity index (χ2n) is 11.9. The minimum Gasteiger partial charge on any atom is -0.496 e. The molecule has 1 amide bonds. The number of rotatable bonds is 8. The summed E-state index contributed by atoms with van der Waals surface area (Å²) in [4.78, 5) is 61.5. The van der Waals surface area contributed by atoms with Crippen LogP contribution in [0.1, 0.15) is 75.3 Å². The zero-order valence-corrected chi connectivity index (χ0v) is 27.5. The van der Waals surface area contributed by atoms with Crippen molar-refractivity contribution in [2.45, 2.75) is 44.8 Å². The van der Waals surface area contributed by atoms with Crippen LogP contribution in [0.4, 0.5) is 4.79 Å². The van der Waals surface area contributed by atoms with Crippen molar-refractivity contribution >= 4 is 34.9 Å². The van der Waals surface area contributed by atoms with E-state index in [0.29, 0.717) is 66.1 Å². The average molecular weight is 670 g/mol. The van der Waals surface area contributed by atoms with Gasteiger partial charge in [-0.05, 0) is 49.2 Å². The Kier molecular flexibility index (Phi) is 9.09. The highest BCUT2D eigenvalue weighted by atomic mass is 16.7. The predicted molar refractivity (Wildman–Crippen MR) is 175 cm³/mol. The van der Waals surface area contributed by atoms with Crippen molar-refractivity contribution in [3.63, 3.8) is 0 Å². The van der Waals surface area contributed by atoms with E-state index in [9.17, 15) is 24.3 Å². The van der Waals surface area contributed by atoms with Gasteiger partial charge < -0.3 is 33.7 Å². The number of carboxylic acids is 1. The molecular formula is C36H35N3O10. The van der Waals surface area contributed by atoms with Crippen molar-refractivity contribution in [2.75, 3.05) is 33.9 Å². The number of carbonyl (C=O) groups excluding carboxylic acids is 3. The number of esters is 1. The summed E-state index contributed by atoms with van der Waals surface area (Å²) < 4.78 is 27.0. The lowest BCUT2D eigenvalue weighted by Gasteiger charge is -2.43. The van der Waals surface area contributed by atoms with E-state index in [4.69, 9.17) is 23.7 Å². The van der Waals surface area contributed by atoms with Crippen LogP contribution in [-0.4, -0.2) is 83.5 Å². The highest BCUT2D eigenvalue weighted by molar-refractivity contribution is 5.99. The predicted octanol–water partition coefficient (Wildman–Crippen LogP) is 5.63. The Hall–Kier alpha value is -5.72. The Labute approximate surface area is 281 Å². The maximum atomic E-state index is 13.6. The van der Waals surface area contributed by atoms with Gasteiger partial charge in [-0.1, -0.05) is 18.2 Å². The SMILES string of the molecule is CCOC(=O)OC(C)c1ncc(-c2ccc3c(c2)C(=O)OC2(CCN(C(=O)c4cc(OC)c5cccc(OC)c5n4)CC2)C3)cc1C(=O)O. The minimum absolute atomic E-state index is 0.0590. The quantitative estimate of drug-likeness (QED) is 0.230. The molecule has 4 aromatic rings. The number of ether oxygens (including phenoxy) is 5. The third-order valence-corrected chi connectivity index (χ3v) is 8.94. The standard InChI is InChI=1S/C36H35N3O10/c1-5-47-35(44)48-20(2)30-26(33(41)42)16-23(19-37-30)21-9-10-22-18-36(49-34(43)25(22)15-21)11-13-39(14-12-36)32(40)27-17-29(46-4)24-7-6-8-28(45-3)31(24)38-27/h6-10,15-17,19-20H,5,11-14,18H2,1-4H3,(H,41,42). The Bertz CT molecular complexity index is 1970. The van der Waals surface area contributed by atoms with E-state index in [1.165, 1.54) is 26.3 Å². The Morgan fingerprint density at radius 1 is 1.02 bits per heavy atom. The fourth-order valence-corrected chi connectivity index (χ4v) is 6.41. The van der Waals surface area contributed by atoms with Gasteiger partial charge in [-0.2, -0.15) is 0 Å². The number of piperidine rings is 1. The molecule has 1 N–H and O–H groups in total. The summed E-state index contributed by atoms with van der Waals surface area (Å²) >= 11 is 0. The number of carboxylic acid groups (broad SMARTS) is 1. The lowest BCUT2D eigenvalue weighted by Crippen LogP contribution is -2.52. The number of fused-ring (bicyclic) bond motifs is 2. The van der Waals surface area contributed by atoms with Gasteiger partial charge in [0.25, 0.3) is 5.91 Å². The molecule has 254 valence electrons. The third kappa shape index (κ3) is 6.43. The lowest BCUT2D eigenvalue weighted by atomic mass is 9.81. The van der Waals surface area contributed by atoms with Crippen LogP contribution in [-0.2, 0) is 20.6 Å². The summed E-state index contributed by atoms with van der Waals surface area (Å²) in [6, 6.07) is 13.8. The van der Waals surface area contributed by atoms with Crippen LogP contribution in [0.15, 0.2) is 54.7 Å². The van der Waals surface area contributed by atoms with Gasteiger partial charge in [-0.25, -0.2) is 19.4 Å². The Morgan fingerprint density at radius 2 is 1.78 bits per heavy atom. The molecule has 2 aromatic carbocycles. The van der Waals surface area contributed by atoms with E-state index < -0.39 is 29.8 Å². The van der Waals surface area contributed by atoms with Gasteiger partial charge in [-0.3, -0.25) is 9.78 Å². The number of amides is 1. The molecule has 1 unspecified atom stereocenters. The van der Waals surface area contributed by atoms with Gasteiger partial charge in [0.2, 0.25) is 0 Å². The number of carbonyl (C=O) groups is 4. The molecule has 0 radical (unpaired) electrons. The minimum atomic E-state index is -1.25. The first-order valence-electron chi connectivity index (χ1n) is 15.8. The van der Waals surface area contributed by atoms with Crippen LogP contribution in [0.25, 0.3) is 22.0 Å². The number of likely N-dealkylation sites (tertiary alicyclic amines) is 1. The van der Waals surface area contributed by atoms with Crippen LogP contribution in [0.2, 0.25) is 0 Å². The molecule has 1 spiro atoms. The van der Waals surface area contributed by atoms with Crippen LogP contribution in [0.3, 0.4) is 0 Å². The molecule has 1 saturated heterocycles. The van der Waals surface area contributed by atoms with E-state index in [1.54, 1.807) is 43.2 Å². The molecular weight excluding hydrogens is 634 g/mol. The van der Waals surface area contributed by atoms with Crippen molar-refractivity contribution in [3.8, 4) is 22.6 Å². The number of benzene rings is 2. The first-order chi connectivity index (χ1) is 23.6. The van der Waals surface area contributed by atoms with E-state index in [-0.39, 0.29) is 29.5 Å². The maximum Gasteiger partial charge on any atom is 0.508 e. The molecule has 2 aromatic heterocycles. The number of hydrogen-bond acceptors (Lipinski definition) is 11. The molecule has 0 saturated carbocycles. The number of aromatic nitrogens is 2. The number of nitrogens with zero attached hydrogens (tertiary/aromatic N) is 3. The number of methoxy groups -OCH3 is 2. The number of hydrogen-bond donors (Lipinski definition) is 1. The third-order valence-electron chi connectivity index (χ3n) is 8.94. The molecule has 13 nitrogen and oxygen atoms in total. The van der Waals surface area contributed by atoms with Gasteiger partial charge in [-0.15, -0.1) is 0 Å². The number of pyridine rings is 2. The van der Waals surface area contributed by atoms with E-state index >= 15 is 0 Å². The van der Waals surface area contributed by atoms with E-state index in [2.05, 4.69) is 9.97 Å². The topological polar surface area (TPSA) is 164 Å². The van der Waals surface area contributed by atoms with Gasteiger partial charge in [0.05, 0.1) is 37.6 Å². The highest BCUT2D eigenvalue weighted by Gasteiger charge is 2.44. The molecule has 2 aliphatic rings. The van der Waals surface area contributed by atoms with Gasteiger partial charge in [0.15, 0.2) is 0 Å². The first kappa shape index (κ1) is 33.2. The van der Waals surface area contributed by atoms with Gasteiger partial charge >= 0.3 is 18.1 Å². The van der Waals surface area contributed by atoms with E-state index in [0.717, 1.165) is 10.9 Å². The van der Waals surface area contributed by atoms with Crippen molar-refractivity contribution in [3.05, 3.63) is 82.8 Å². The largest absolute Gasteiger partial charge is 0.508 e. The second-order valence-corrected chi connectivity index (χ2v) is 11.9. The maximum absolute atomic E-state index is 13.6. The highest BCUT2D eigenvalue weighted by Crippen LogP contribution is 2.39. The monoisotopic (exact) mass is 669 g/mol. The molecule has 1 fully saturated rings. The second kappa shape index (κ2) is 13.4. The zero-order valence-electron chi connectivity index (χ0n) is 27.5. The van der Waals surface area contributed by atoms with Crippen LogP contribution in [0.5, 0.6) is 11.5 Å². The summed E-state index contributed by atoms with van der Waals surface area (Å²) in [6.07, 6.45) is 0.927. The Balaban J connectivity index is 1.18. The van der Waals surface area contributed by atoms with E-state index in [1.807, 2.05) is 18.2 Å². The molecule has 4 heterocycles. The normalized spacial score (nSPS) is 15.6. The summed E-state index contributed by atoms with van der Waals surface area (Å²) in [5, 5.41) is 10.6. The Morgan fingerprint density at radius 3 is 2.47 bits per heavy atom. The van der Waals surface area contributed by atoms with Crippen molar-refractivity contribution in [1.82, 2.24) is 14.9 Å². The zero-order chi connectivity index (χ0) is 34.9. The molecule has 1 atom stereocenters. The number of para-hydroxylation sites is 1. The van der Waals surface area contributed by atoms with Crippen molar-refractivity contribution in [2.24, 2.45) is 0 Å². The van der Waals surface area contributed by atoms with Crippen molar-refractivity contribution in [1.29, 1.82) is 0 Å². The van der Waals surface area contributed by atoms with Gasteiger partial charge in [0, 0.05) is 55.6 Å². The summed E-state index contributed by atoms with van der Waals surface area (Å²) in [7, 11) is 3.08. The van der Waals surface area contributed by atoms with Crippen LogP contribution >= 0.6 is 0 Å². The molecule has 49 heavy (non-hydrogen) atoms. The fourth-order valence-electron chi connectivity index (χ4n) is 6.41. The summed E-state index contributed by atoms with van der Waals surface area (Å²) in [6.45, 7) is 3.97. The van der Waals surface area contributed by atoms with Crippen LogP contribution in [0, 0.1) is 0 Å². The smallest absolute Gasteiger partial charge is 0.496 e. The molecule has 6 rings (SSSR count). The molecule has 0 aliphatic carbocycles.